The minimum atomic E-state index is -0.935. The van der Waals surface area contributed by atoms with Crippen LogP contribution in [0.1, 0.15) is 23.3 Å². The molecule has 0 aromatic heterocycles. The lowest BCUT2D eigenvalue weighted by Crippen LogP contribution is -2.43. The van der Waals surface area contributed by atoms with Crippen LogP contribution in [0.2, 0.25) is 0 Å². The van der Waals surface area contributed by atoms with Crippen LogP contribution in [-0.4, -0.2) is 62.1 Å². The third-order valence-electron chi connectivity index (χ3n) is 4.98. The number of likely N-dealkylation sites (N-methyl/N-ethyl adjacent to an activating group) is 1. The van der Waals surface area contributed by atoms with Gasteiger partial charge in [0.05, 0.1) is 18.1 Å². The third-order valence-corrected chi connectivity index (χ3v) is 6.15. The number of benzene rings is 2. The van der Waals surface area contributed by atoms with E-state index < -0.39 is 12.1 Å². The first kappa shape index (κ1) is 22.9. The Morgan fingerprint density at radius 1 is 1.10 bits per heavy atom. The summed E-state index contributed by atoms with van der Waals surface area (Å²) in [5, 5.41) is 1.63. The summed E-state index contributed by atoms with van der Waals surface area (Å²) in [4.78, 5) is 29.4. The molecule has 0 N–H and O–H groups in total. The number of carbonyl (C=O) groups excluding carboxylic acids is 2. The van der Waals surface area contributed by atoms with Crippen LogP contribution < -0.4 is 4.74 Å². The van der Waals surface area contributed by atoms with Gasteiger partial charge >= 0.3 is 5.97 Å². The normalized spacial score (nSPS) is 19.1. The number of ether oxygens (including phenoxy) is 2. The Balaban J connectivity index is 2.05. The first-order valence-corrected chi connectivity index (χ1v) is 11.0. The van der Waals surface area contributed by atoms with Gasteiger partial charge in [0.15, 0.2) is 6.10 Å². The van der Waals surface area contributed by atoms with Crippen molar-refractivity contribution >= 4 is 29.3 Å². The molecule has 164 valence electrons. The van der Waals surface area contributed by atoms with Gasteiger partial charge in [-0.15, -0.1) is 11.8 Å². The SMILES string of the molecule is COc1ccc(C2SC=C(c3ccccc3)N(CCN(C)C)C(=O)C2OC(C)=O)cc1. The van der Waals surface area contributed by atoms with Crippen molar-refractivity contribution in [1.82, 2.24) is 9.80 Å². The van der Waals surface area contributed by atoms with Crippen LogP contribution in [0.3, 0.4) is 0 Å². The summed E-state index contributed by atoms with van der Waals surface area (Å²) in [6, 6.07) is 17.3. The summed E-state index contributed by atoms with van der Waals surface area (Å²) in [5.74, 6) is 0.0250. The van der Waals surface area contributed by atoms with E-state index in [1.54, 1.807) is 12.0 Å². The maximum atomic E-state index is 13.7. The molecule has 1 aliphatic rings. The molecule has 2 aromatic carbocycles. The Morgan fingerprint density at radius 2 is 1.77 bits per heavy atom. The molecule has 0 aliphatic carbocycles. The van der Waals surface area contributed by atoms with Crippen molar-refractivity contribution in [3.8, 4) is 5.75 Å². The van der Waals surface area contributed by atoms with Gasteiger partial charge in [0, 0.05) is 20.0 Å². The highest BCUT2D eigenvalue weighted by Crippen LogP contribution is 2.42. The predicted octanol–water partition coefficient (Wildman–Crippen LogP) is 3.80. The number of carbonyl (C=O) groups is 2. The van der Waals surface area contributed by atoms with Gasteiger partial charge in [0.1, 0.15) is 5.75 Å². The largest absolute Gasteiger partial charge is 0.497 e. The summed E-state index contributed by atoms with van der Waals surface area (Å²) in [6.07, 6.45) is -0.935. The smallest absolute Gasteiger partial charge is 0.303 e. The molecule has 0 saturated heterocycles. The second-order valence-electron chi connectivity index (χ2n) is 7.52. The first-order chi connectivity index (χ1) is 14.9. The lowest BCUT2D eigenvalue weighted by molar-refractivity contribution is -0.157. The highest BCUT2D eigenvalue weighted by molar-refractivity contribution is 8.02. The van der Waals surface area contributed by atoms with Crippen LogP contribution in [-0.2, 0) is 14.3 Å². The molecule has 0 bridgehead atoms. The molecule has 1 heterocycles. The summed E-state index contributed by atoms with van der Waals surface area (Å²) in [6.45, 7) is 2.50. The zero-order valence-corrected chi connectivity index (χ0v) is 19.1. The number of amides is 1. The average Bonchev–Trinajstić information content (AvgIpc) is 2.89. The van der Waals surface area contributed by atoms with Crippen molar-refractivity contribution in [1.29, 1.82) is 0 Å². The molecule has 6 nitrogen and oxygen atoms in total. The van der Waals surface area contributed by atoms with Crippen LogP contribution in [0.25, 0.3) is 5.70 Å². The Labute approximate surface area is 187 Å². The van der Waals surface area contributed by atoms with Crippen LogP contribution >= 0.6 is 11.8 Å². The predicted molar refractivity (Wildman–Crippen MR) is 124 cm³/mol. The van der Waals surface area contributed by atoms with E-state index >= 15 is 0 Å². The zero-order chi connectivity index (χ0) is 22.4. The van der Waals surface area contributed by atoms with E-state index in [1.807, 2.05) is 79.0 Å². The molecule has 0 saturated carbocycles. The first-order valence-electron chi connectivity index (χ1n) is 10.1. The van der Waals surface area contributed by atoms with Crippen molar-refractivity contribution < 1.29 is 19.1 Å². The van der Waals surface area contributed by atoms with Gasteiger partial charge in [-0.05, 0) is 42.8 Å². The van der Waals surface area contributed by atoms with Gasteiger partial charge in [0.25, 0.3) is 5.91 Å². The molecule has 31 heavy (non-hydrogen) atoms. The van der Waals surface area contributed by atoms with Crippen LogP contribution in [0.5, 0.6) is 5.75 Å². The number of rotatable bonds is 7. The van der Waals surface area contributed by atoms with Crippen LogP contribution in [0.4, 0.5) is 0 Å². The second-order valence-corrected chi connectivity index (χ2v) is 8.54. The molecule has 1 aliphatic heterocycles. The van der Waals surface area contributed by atoms with E-state index in [2.05, 4.69) is 0 Å². The summed E-state index contributed by atoms with van der Waals surface area (Å²) in [7, 11) is 5.54. The number of thioether (sulfide) groups is 1. The van der Waals surface area contributed by atoms with E-state index in [0.29, 0.717) is 13.1 Å². The lowest BCUT2D eigenvalue weighted by atomic mass is 10.0. The highest BCUT2D eigenvalue weighted by atomic mass is 32.2. The van der Waals surface area contributed by atoms with E-state index in [-0.39, 0.29) is 11.2 Å². The standard InChI is InChI=1S/C24H28N2O4S/c1-17(27)30-22-23(19-10-12-20(29-4)13-11-19)31-16-21(18-8-6-5-7-9-18)26(24(22)28)15-14-25(2)3/h5-13,16,22-23H,14-15H2,1-4H3. The molecule has 3 rings (SSSR count). The van der Waals surface area contributed by atoms with Gasteiger partial charge in [-0.25, -0.2) is 0 Å². The van der Waals surface area contributed by atoms with Crippen LogP contribution in [0, 0.1) is 0 Å². The van der Waals surface area contributed by atoms with E-state index in [1.165, 1.54) is 18.7 Å². The molecule has 2 aromatic rings. The second kappa shape index (κ2) is 10.5. The number of methoxy groups -OCH3 is 1. The number of hydrogen-bond acceptors (Lipinski definition) is 6. The molecule has 0 radical (unpaired) electrons. The number of hydrogen-bond donors (Lipinski definition) is 0. The molecular formula is C24H28N2O4S. The third kappa shape index (κ3) is 5.68. The topological polar surface area (TPSA) is 59.1 Å². The highest BCUT2D eigenvalue weighted by Gasteiger charge is 2.39. The van der Waals surface area contributed by atoms with Gasteiger partial charge in [0.2, 0.25) is 0 Å². The Kier molecular flexibility index (Phi) is 7.76. The van der Waals surface area contributed by atoms with E-state index in [9.17, 15) is 9.59 Å². The fourth-order valence-corrected chi connectivity index (χ4v) is 4.54. The summed E-state index contributed by atoms with van der Waals surface area (Å²) < 4.78 is 10.9. The van der Waals surface area contributed by atoms with Crippen LogP contribution in [0.15, 0.2) is 60.0 Å². The van der Waals surface area contributed by atoms with Gasteiger partial charge in [-0.1, -0.05) is 42.5 Å². The Hall–Kier alpha value is -2.77. The molecule has 0 fully saturated rings. The monoisotopic (exact) mass is 440 g/mol. The van der Waals surface area contributed by atoms with Crippen molar-refractivity contribution in [3.05, 3.63) is 71.1 Å². The molecule has 2 unspecified atom stereocenters. The minimum Gasteiger partial charge on any atom is -0.497 e. The molecule has 0 spiro atoms. The van der Waals surface area contributed by atoms with E-state index in [0.717, 1.165) is 22.6 Å². The number of esters is 1. The molecule has 2 atom stereocenters. The molecule has 1 amide bonds. The van der Waals surface area contributed by atoms with Crippen molar-refractivity contribution in [3.63, 3.8) is 0 Å². The van der Waals surface area contributed by atoms with E-state index in [4.69, 9.17) is 9.47 Å². The quantitative estimate of drug-likeness (QED) is 0.611. The van der Waals surface area contributed by atoms with Gasteiger partial charge < -0.3 is 19.3 Å². The fourth-order valence-electron chi connectivity index (χ4n) is 3.38. The van der Waals surface area contributed by atoms with Gasteiger partial charge in [-0.2, -0.15) is 0 Å². The Bertz CT molecular complexity index is 928. The van der Waals surface area contributed by atoms with Gasteiger partial charge in [-0.3, -0.25) is 9.59 Å². The zero-order valence-electron chi connectivity index (χ0n) is 18.3. The summed E-state index contributed by atoms with van der Waals surface area (Å²) in [5.41, 5.74) is 2.65. The maximum Gasteiger partial charge on any atom is 0.303 e. The minimum absolute atomic E-state index is 0.224. The fraction of sp³-hybridized carbons (Fsp3) is 0.333. The molecular weight excluding hydrogens is 412 g/mol. The summed E-state index contributed by atoms with van der Waals surface area (Å²) >= 11 is 1.49. The maximum absolute atomic E-state index is 13.7. The van der Waals surface area contributed by atoms with Crippen molar-refractivity contribution in [2.24, 2.45) is 0 Å². The average molecular weight is 441 g/mol. The molecule has 7 heteroatoms. The van der Waals surface area contributed by atoms with Crippen molar-refractivity contribution in [2.45, 2.75) is 18.3 Å². The van der Waals surface area contributed by atoms with Crippen molar-refractivity contribution in [2.75, 3.05) is 34.3 Å². The Morgan fingerprint density at radius 3 is 2.35 bits per heavy atom. The number of nitrogens with zero attached hydrogens (tertiary/aromatic N) is 2. The lowest BCUT2D eigenvalue weighted by Gasteiger charge is -2.30.